The quantitative estimate of drug-likeness (QED) is 0.707. The minimum Gasteiger partial charge on any atom is -0.484 e. The zero-order valence-corrected chi connectivity index (χ0v) is 15.5. The predicted octanol–water partition coefficient (Wildman–Crippen LogP) is 4.39. The molecule has 0 spiro atoms. The normalized spacial score (nSPS) is 10.5. The van der Waals surface area contributed by atoms with Gasteiger partial charge in [0.1, 0.15) is 5.75 Å². The SMILES string of the molecule is Cc1ccc(OCC(=O)NCCSCc2cccc(Cl)c2)c(C)c1. The number of ether oxygens (including phenoxy) is 1. The highest BCUT2D eigenvalue weighted by Crippen LogP contribution is 2.18. The molecule has 0 aliphatic heterocycles. The number of rotatable bonds is 8. The van der Waals surface area contributed by atoms with Gasteiger partial charge in [0, 0.05) is 23.1 Å². The molecule has 1 N–H and O–H groups in total. The second-order valence-corrected chi connectivity index (χ2v) is 7.13. The highest BCUT2D eigenvalue weighted by atomic mass is 35.5. The summed E-state index contributed by atoms with van der Waals surface area (Å²) in [6.07, 6.45) is 0. The third-order valence-electron chi connectivity index (χ3n) is 3.42. The molecule has 2 aromatic carbocycles. The molecule has 0 atom stereocenters. The third kappa shape index (κ3) is 6.46. The van der Waals surface area contributed by atoms with Crippen molar-refractivity contribution in [1.29, 1.82) is 0 Å². The summed E-state index contributed by atoms with van der Waals surface area (Å²) in [6, 6.07) is 13.8. The van der Waals surface area contributed by atoms with Crippen LogP contribution >= 0.6 is 23.4 Å². The van der Waals surface area contributed by atoms with E-state index in [1.54, 1.807) is 11.8 Å². The minimum absolute atomic E-state index is 0.0445. The lowest BCUT2D eigenvalue weighted by Gasteiger charge is -2.10. The topological polar surface area (TPSA) is 38.3 Å². The van der Waals surface area contributed by atoms with Gasteiger partial charge in [-0.1, -0.05) is 41.4 Å². The summed E-state index contributed by atoms with van der Waals surface area (Å²) in [5.74, 6) is 2.39. The number of benzene rings is 2. The summed E-state index contributed by atoms with van der Waals surface area (Å²) in [7, 11) is 0. The highest BCUT2D eigenvalue weighted by Gasteiger charge is 2.04. The second-order valence-electron chi connectivity index (χ2n) is 5.59. The average molecular weight is 364 g/mol. The van der Waals surface area contributed by atoms with Gasteiger partial charge >= 0.3 is 0 Å². The van der Waals surface area contributed by atoms with Crippen LogP contribution in [0.25, 0.3) is 0 Å². The first kappa shape index (κ1) is 18.7. The highest BCUT2D eigenvalue weighted by molar-refractivity contribution is 7.98. The van der Waals surface area contributed by atoms with E-state index in [1.165, 1.54) is 11.1 Å². The zero-order chi connectivity index (χ0) is 17.4. The van der Waals surface area contributed by atoms with Gasteiger partial charge in [0.15, 0.2) is 6.61 Å². The number of thioether (sulfide) groups is 1. The van der Waals surface area contributed by atoms with Gasteiger partial charge in [-0.3, -0.25) is 4.79 Å². The van der Waals surface area contributed by atoms with Gasteiger partial charge in [-0.05, 0) is 43.2 Å². The number of aryl methyl sites for hydroxylation is 2. The predicted molar refractivity (Wildman–Crippen MR) is 102 cm³/mol. The Labute approximate surface area is 152 Å². The maximum absolute atomic E-state index is 11.8. The molecule has 24 heavy (non-hydrogen) atoms. The van der Waals surface area contributed by atoms with Crippen molar-refractivity contribution in [3.8, 4) is 5.75 Å². The lowest BCUT2D eigenvalue weighted by molar-refractivity contribution is -0.122. The Hall–Kier alpha value is -1.65. The standard InChI is InChI=1S/C19H22ClNO2S/c1-14-6-7-18(15(2)10-14)23-12-19(22)21-8-9-24-13-16-4-3-5-17(20)11-16/h3-7,10-11H,8-9,12-13H2,1-2H3,(H,21,22). The Balaban J connectivity index is 1.61. The van der Waals surface area contributed by atoms with Crippen LogP contribution in [0.1, 0.15) is 16.7 Å². The summed E-state index contributed by atoms with van der Waals surface area (Å²) >= 11 is 7.71. The number of halogens is 1. The van der Waals surface area contributed by atoms with Gasteiger partial charge in [0.2, 0.25) is 0 Å². The number of hydrogen-bond donors (Lipinski definition) is 1. The maximum atomic E-state index is 11.8. The molecule has 0 aromatic heterocycles. The molecule has 0 aliphatic rings. The van der Waals surface area contributed by atoms with Crippen molar-refractivity contribution in [3.05, 3.63) is 64.2 Å². The number of hydrogen-bond acceptors (Lipinski definition) is 3. The van der Waals surface area contributed by atoms with Crippen LogP contribution in [0.15, 0.2) is 42.5 Å². The molecule has 0 aliphatic carbocycles. The van der Waals surface area contributed by atoms with Gasteiger partial charge in [0.25, 0.3) is 5.91 Å². The molecule has 1 amide bonds. The van der Waals surface area contributed by atoms with Crippen LogP contribution in [0.5, 0.6) is 5.75 Å². The molecule has 128 valence electrons. The van der Waals surface area contributed by atoms with E-state index < -0.39 is 0 Å². The van der Waals surface area contributed by atoms with E-state index in [0.717, 1.165) is 27.8 Å². The number of amides is 1. The average Bonchev–Trinajstić information content (AvgIpc) is 2.54. The Morgan fingerprint density at radius 2 is 2.04 bits per heavy atom. The molecule has 2 aromatic rings. The van der Waals surface area contributed by atoms with E-state index in [9.17, 15) is 4.79 Å². The maximum Gasteiger partial charge on any atom is 0.257 e. The molecule has 0 heterocycles. The second kappa shape index (κ2) is 9.60. The van der Waals surface area contributed by atoms with Crippen LogP contribution in [0.2, 0.25) is 5.02 Å². The molecule has 0 saturated carbocycles. The van der Waals surface area contributed by atoms with Gasteiger partial charge < -0.3 is 10.1 Å². The first-order valence-corrected chi connectivity index (χ1v) is 9.37. The molecule has 2 rings (SSSR count). The fourth-order valence-corrected chi connectivity index (χ4v) is 3.25. The first-order valence-electron chi connectivity index (χ1n) is 7.83. The molecule has 5 heteroatoms. The number of nitrogens with one attached hydrogen (secondary N) is 1. The molecule has 0 saturated heterocycles. The van der Waals surface area contributed by atoms with Gasteiger partial charge in [-0.15, -0.1) is 0 Å². The van der Waals surface area contributed by atoms with Crippen molar-refractivity contribution >= 4 is 29.3 Å². The Morgan fingerprint density at radius 3 is 2.79 bits per heavy atom. The fourth-order valence-electron chi connectivity index (χ4n) is 2.23. The van der Waals surface area contributed by atoms with Crippen LogP contribution < -0.4 is 10.1 Å². The summed E-state index contributed by atoms with van der Waals surface area (Å²) in [6.45, 7) is 4.68. The smallest absolute Gasteiger partial charge is 0.257 e. The summed E-state index contributed by atoms with van der Waals surface area (Å²) < 4.78 is 5.56. The molecule has 0 unspecified atom stereocenters. The van der Waals surface area contributed by atoms with E-state index in [2.05, 4.69) is 11.4 Å². The van der Waals surface area contributed by atoms with Crippen molar-refractivity contribution in [1.82, 2.24) is 5.32 Å². The largest absolute Gasteiger partial charge is 0.484 e. The van der Waals surface area contributed by atoms with Crippen LogP contribution in [0.4, 0.5) is 0 Å². The van der Waals surface area contributed by atoms with E-state index in [-0.39, 0.29) is 12.5 Å². The monoisotopic (exact) mass is 363 g/mol. The van der Waals surface area contributed by atoms with E-state index in [4.69, 9.17) is 16.3 Å². The van der Waals surface area contributed by atoms with Crippen molar-refractivity contribution in [2.24, 2.45) is 0 Å². The van der Waals surface area contributed by atoms with Crippen LogP contribution in [0, 0.1) is 13.8 Å². The first-order chi connectivity index (χ1) is 11.5. The molecule has 0 bridgehead atoms. The van der Waals surface area contributed by atoms with Crippen molar-refractivity contribution in [2.75, 3.05) is 18.9 Å². The van der Waals surface area contributed by atoms with Crippen LogP contribution in [0.3, 0.4) is 0 Å². The summed E-state index contributed by atoms with van der Waals surface area (Å²) in [4.78, 5) is 11.8. The summed E-state index contributed by atoms with van der Waals surface area (Å²) in [5, 5.41) is 3.63. The van der Waals surface area contributed by atoms with E-state index in [1.807, 2.05) is 50.2 Å². The molecule has 0 radical (unpaired) electrons. The Kier molecular flexibility index (Phi) is 7.47. The Bertz CT molecular complexity index is 691. The number of carbonyl (C=O) groups excluding carboxylic acids is 1. The van der Waals surface area contributed by atoms with Crippen LogP contribution in [-0.4, -0.2) is 24.8 Å². The zero-order valence-electron chi connectivity index (χ0n) is 14.0. The van der Waals surface area contributed by atoms with Crippen molar-refractivity contribution in [3.63, 3.8) is 0 Å². The molecule has 3 nitrogen and oxygen atoms in total. The molecular weight excluding hydrogens is 342 g/mol. The van der Waals surface area contributed by atoms with Gasteiger partial charge in [0.05, 0.1) is 0 Å². The molecule has 0 fully saturated rings. The lowest BCUT2D eigenvalue weighted by Crippen LogP contribution is -2.30. The lowest BCUT2D eigenvalue weighted by atomic mass is 10.1. The van der Waals surface area contributed by atoms with Crippen molar-refractivity contribution in [2.45, 2.75) is 19.6 Å². The van der Waals surface area contributed by atoms with Gasteiger partial charge in [-0.2, -0.15) is 11.8 Å². The molecular formula is C19H22ClNO2S. The van der Waals surface area contributed by atoms with Crippen LogP contribution in [-0.2, 0) is 10.5 Å². The summed E-state index contributed by atoms with van der Waals surface area (Å²) in [5.41, 5.74) is 3.41. The fraction of sp³-hybridized carbons (Fsp3) is 0.316. The van der Waals surface area contributed by atoms with Crippen molar-refractivity contribution < 1.29 is 9.53 Å². The minimum atomic E-state index is -0.0988. The third-order valence-corrected chi connectivity index (χ3v) is 4.68. The number of carbonyl (C=O) groups is 1. The Morgan fingerprint density at radius 1 is 1.21 bits per heavy atom. The van der Waals surface area contributed by atoms with Gasteiger partial charge in [-0.25, -0.2) is 0 Å². The van der Waals surface area contributed by atoms with E-state index in [0.29, 0.717) is 6.54 Å². The van der Waals surface area contributed by atoms with E-state index >= 15 is 0 Å².